The molecule has 0 bridgehead atoms. The van der Waals surface area contributed by atoms with Crippen molar-refractivity contribution >= 4 is 18.7 Å². The van der Waals surface area contributed by atoms with E-state index in [1.54, 1.807) is 0 Å². The standard InChI is InChI=1S/C11H12NO4P/c13-17(14,15)16-9-8-12-7-3-5-10-4-1-2-6-11(10)12/h1-7H,8-9H2,(H-,13,14,15)/p+1. The summed E-state index contributed by atoms with van der Waals surface area (Å²) >= 11 is 0. The van der Waals surface area contributed by atoms with Crippen LogP contribution in [-0.2, 0) is 15.6 Å². The second-order valence-electron chi connectivity index (χ2n) is 3.58. The molecule has 6 heteroatoms. The van der Waals surface area contributed by atoms with Gasteiger partial charge in [-0.1, -0.05) is 12.1 Å². The molecule has 1 aromatic carbocycles. The summed E-state index contributed by atoms with van der Waals surface area (Å²) in [6.45, 7) is 0.370. The summed E-state index contributed by atoms with van der Waals surface area (Å²) in [6.07, 6.45) is 1.85. The second kappa shape index (κ2) is 4.94. The van der Waals surface area contributed by atoms with Crippen molar-refractivity contribution in [3.05, 3.63) is 42.6 Å². The summed E-state index contributed by atoms with van der Waals surface area (Å²) in [6, 6.07) is 11.7. The Bertz CT molecular complexity index is 561. The van der Waals surface area contributed by atoms with E-state index >= 15 is 0 Å². The van der Waals surface area contributed by atoms with Crippen LogP contribution in [0.2, 0.25) is 0 Å². The minimum Gasteiger partial charge on any atom is -0.303 e. The molecule has 0 saturated heterocycles. The largest absolute Gasteiger partial charge is 0.469 e. The number of hydrogen-bond donors (Lipinski definition) is 2. The molecule has 0 amide bonds. The van der Waals surface area contributed by atoms with E-state index in [9.17, 15) is 4.57 Å². The molecule has 17 heavy (non-hydrogen) atoms. The Hall–Kier alpha value is -1.26. The van der Waals surface area contributed by atoms with Gasteiger partial charge < -0.3 is 9.79 Å². The third-order valence-electron chi connectivity index (χ3n) is 2.38. The third-order valence-corrected chi connectivity index (χ3v) is 2.90. The summed E-state index contributed by atoms with van der Waals surface area (Å²) in [5, 5.41) is 1.08. The van der Waals surface area contributed by atoms with Crippen molar-refractivity contribution in [2.75, 3.05) is 6.61 Å². The van der Waals surface area contributed by atoms with E-state index in [4.69, 9.17) is 9.79 Å². The molecule has 2 rings (SSSR count). The normalized spacial score (nSPS) is 11.9. The number of nitrogens with zero attached hydrogens (tertiary/aromatic N) is 1. The van der Waals surface area contributed by atoms with Gasteiger partial charge in [-0.2, -0.15) is 4.57 Å². The molecule has 2 aromatic rings. The monoisotopic (exact) mass is 254 g/mol. The summed E-state index contributed by atoms with van der Waals surface area (Å²) in [5.74, 6) is 0. The van der Waals surface area contributed by atoms with Gasteiger partial charge in [0.2, 0.25) is 5.52 Å². The van der Waals surface area contributed by atoms with Crippen LogP contribution in [0.1, 0.15) is 0 Å². The smallest absolute Gasteiger partial charge is 0.303 e. The van der Waals surface area contributed by atoms with E-state index in [2.05, 4.69) is 4.52 Å². The predicted octanol–water partition coefficient (Wildman–Crippen LogP) is 1.24. The molecule has 5 nitrogen and oxygen atoms in total. The van der Waals surface area contributed by atoms with Gasteiger partial charge in [-0.3, -0.25) is 4.52 Å². The zero-order valence-corrected chi connectivity index (χ0v) is 9.96. The Labute approximate surface area is 98.5 Å². The average Bonchev–Trinajstić information content (AvgIpc) is 2.28. The topological polar surface area (TPSA) is 70.6 Å². The van der Waals surface area contributed by atoms with Gasteiger partial charge >= 0.3 is 7.82 Å². The highest BCUT2D eigenvalue weighted by Gasteiger charge is 2.15. The minimum atomic E-state index is -4.38. The lowest BCUT2D eigenvalue weighted by molar-refractivity contribution is -0.672. The van der Waals surface area contributed by atoms with Crippen LogP contribution in [0.25, 0.3) is 10.9 Å². The Balaban J connectivity index is 2.16. The number of phosphoric ester groups is 1. The first-order valence-electron chi connectivity index (χ1n) is 5.13. The fraction of sp³-hybridized carbons (Fsp3) is 0.182. The molecule has 0 aliphatic carbocycles. The van der Waals surface area contributed by atoms with E-state index in [1.807, 2.05) is 47.2 Å². The quantitative estimate of drug-likeness (QED) is 0.636. The molecule has 1 heterocycles. The average molecular weight is 254 g/mol. The fourth-order valence-electron chi connectivity index (χ4n) is 1.67. The van der Waals surface area contributed by atoms with Crippen molar-refractivity contribution < 1.29 is 23.4 Å². The second-order valence-corrected chi connectivity index (χ2v) is 4.82. The van der Waals surface area contributed by atoms with Crippen LogP contribution in [0.4, 0.5) is 0 Å². The number of fused-ring (bicyclic) bond motifs is 1. The van der Waals surface area contributed by atoms with Crippen molar-refractivity contribution in [3.8, 4) is 0 Å². The predicted molar refractivity (Wildman–Crippen MR) is 62.1 cm³/mol. The zero-order valence-electron chi connectivity index (χ0n) is 9.06. The van der Waals surface area contributed by atoms with Crippen molar-refractivity contribution in [1.29, 1.82) is 0 Å². The van der Waals surface area contributed by atoms with Gasteiger partial charge in [0.15, 0.2) is 12.7 Å². The molecule has 0 saturated carbocycles. The van der Waals surface area contributed by atoms with Gasteiger partial charge in [-0.15, -0.1) is 0 Å². The Morgan fingerprint density at radius 3 is 2.65 bits per heavy atom. The maximum absolute atomic E-state index is 10.5. The van der Waals surface area contributed by atoms with Crippen LogP contribution in [0, 0.1) is 0 Å². The van der Waals surface area contributed by atoms with Crippen LogP contribution in [0.15, 0.2) is 42.6 Å². The lowest BCUT2D eigenvalue weighted by atomic mass is 10.2. The number of para-hydroxylation sites is 1. The first-order chi connectivity index (χ1) is 8.06. The van der Waals surface area contributed by atoms with E-state index in [0.29, 0.717) is 6.54 Å². The van der Waals surface area contributed by atoms with Crippen LogP contribution < -0.4 is 4.57 Å². The van der Waals surface area contributed by atoms with Crippen molar-refractivity contribution in [1.82, 2.24) is 0 Å². The first kappa shape index (κ1) is 12.2. The lowest BCUT2D eigenvalue weighted by Crippen LogP contribution is -2.36. The Morgan fingerprint density at radius 2 is 1.88 bits per heavy atom. The van der Waals surface area contributed by atoms with Gasteiger partial charge in [0.05, 0.1) is 0 Å². The number of rotatable bonds is 4. The van der Waals surface area contributed by atoms with E-state index in [1.165, 1.54) is 0 Å². The molecule has 0 spiro atoms. The summed E-state index contributed by atoms with van der Waals surface area (Å²) in [5.41, 5.74) is 1.00. The molecule has 0 fully saturated rings. The molecule has 0 radical (unpaired) electrons. The highest BCUT2D eigenvalue weighted by atomic mass is 31.2. The molecule has 1 aromatic heterocycles. The number of benzene rings is 1. The van der Waals surface area contributed by atoms with Gasteiger partial charge in [0.25, 0.3) is 0 Å². The fourth-order valence-corrected chi connectivity index (χ4v) is 1.99. The molecule has 90 valence electrons. The number of pyridine rings is 1. The molecule has 0 unspecified atom stereocenters. The van der Waals surface area contributed by atoms with Crippen molar-refractivity contribution in [3.63, 3.8) is 0 Å². The van der Waals surface area contributed by atoms with Crippen LogP contribution in [0.3, 0.4) is 0 Å². The highest BCUT2D eigenvalue weighted by molar-refractivity contribution is 7.46. The van der Waals surface area contributed by atoms with Crippen LogP contribution in [0.5, 0.6) is 0 Å². The first-order valence-corrected chi connectivity index (χ1v) is 6.66. The van der Waals surface area contributed by atoms with Gasteiger partial charge in [0.1, 0.15) is 6.61 Å². The molecular weight excluding hydrogens is 241 g/mol. The Morgan fingerprint density at radius 1 is 1.18 bits per heavy atom. The van der Waals surface area contributed by atoms with Crippen molar-refractivity contribution in [2.45, 2.75) is 6.54 Å². The molecule has 0 atom stereocenters. The maximum atomic E-state index is 10.5. The minimum absolute atomic E-state index is 0.0248. The maximum Gasteiger partial charge on any atom is 0.469 e. The number of phosphoric acid groups is 1. The molecule has 0 aliphatic rings. The SMILES string of the molecule is O=P(O)(O)OCC[n+]1cccc2ccccc21. The molecular formula is C11H13NO4P+. The van der Waals surface area contributed by atoms with Gasteiger partial charge in [0, 0.05) is 17.5 Å². The Kier molecular flexibility index (Phi) is 3.54. The molecule has 0 aliphatic heterocycles. The third kappa shape index (κ3) is 3.35. The van der Waals surface area contributed by atoms with Crippen LogP contribution in [-0.4, -0.2) is 16.4 Å². The van der Waals surface area contributed by atoms with E-state index in [-0.39, 0.29) is 6.61 Å². The lowest BCUT2D eigenvalue weighted by Gasteiger charge is -2.04. The summed E-state index contributed by atoms with van der Waals surface area (Å²) in [4.78, 5) is 17.2. The summed E-state index contributed by atoms with van der Waals surface area (Å²) in [7, 11) is -4.38. The number of hydrogen-bond acceptors (Lipinski definition) is 2. The highest BCUT2D eigenvalue weighted by Crippen LogP contribution is 2.35. The zero-order chi connectivity index (χ0) is 12.3. The van der Waals surface area contributed by atoms with Gasteiger partial charge in [-0.25, -0.2) is 4.57 Å². The number of aromatic nitrogens is 1. The molecule has 2 N–H and O–H groups in total. The van der Waals surface area contributed by atoms with E-state index in [0.717, 1.165) is 10.9 Å². The van der Waals surface area contributed by atoms with E-state index < -0.39 is 7.82 Å². The summed E-state index contributed by atoms with van der Waals surface area (Å²) < 4.78 is 16.9. The van der Waals surface area contributed by atoms with Crippen molar-refractivity contribution in [2.24, 2.45) is 0 Å². The van der Waals surface area contributed by atoms with Gasteiger partial charge in [-0.05, 0) is 12.1 Å². The van der Waals surface area contributed by atoms with Crippen LogP contribution >= 0.6 is 7.82 Å².